The van der Waals surface area contributed by atoms with E-state index in [1.165, 1.54) is 24.7 Å². The Hall–Kier alpha value is -11.6. The van der Waals surface area contributed by atoms with Crippen LogP contribution in [0.1, 0.15) is 208 Å². The van der Waals surface area contributed by atoms with Crippen molar-refractivity contribution in [3.05, 3.63) is 197 Å². The monoisotopic (exact) mass is 2170 g/mol. The van der Waals surface area contributed by atoms with Crippen molar-refractivity contribution in [2.24, 2.45) is 41.4 Å². The number of esters is 2. The highest BCUT2D eigenvalue weighted by Crippen LogP contribution is 2.54. The average Bonchev–Trinajstić information content (AvgIpc) is 1.53. The number of phenols is 8. The molecule has 7 aromatic rings. The molecule has 41 heteroatoms. The summed E-state index contributed by atoms with van der Waals surface area (Å²) < 4.78 is 29.3. The molecule has 1 aromatic heterocycles. The van der Waals surface area contributed by atoms with Gasteiger partial charge in [0.2, 0.25) is 23.3 Å². The van der Waals surface area contributed by atoms with Crippen molar-refractivity contribution >= 4 is 132 Å². The zero-order chi connectivity index (χ0) is 110. The average molecular weight is 2170 g/mol. The van der Waals surface area contributed by atoms with Gasteiger partial charge in [0, 0.05) is 130 Å². The van der Waals surface area contributed by atoms with E-state index in [0.29, 0.717) is 90.2 Å². The molecule has 0 radical (unpaired) electrons. The summed E-state index contributed by atoms with van der Waals surface area (Å²) in [5.41, 5.74) is -0.279. The Bertz CT molecular complexity index is 5670. The molecule has 4 fully saturated rings. The Morgan fingerprint density at radius 3 is 1.70 bits per heavy atom. The summed E-state index contributed by atoms with van der Waals surface area (Å²) >= 11 is 16.4. The van der Waals surface area contributed by atoms with E-state index in [0.717, 1.165) is 101 Å². The summed E-state index contributed by atoms with van der Waals surface area (Å²) in [6, 6.07) is 32.5. The van der Waals surface area contributed by atoms with Gasteiger partial charge in [-0.3, -0.25) is 48.2 Å². The summed E-state index contributed by atoms with van der Waals surface area (Å²) in [6.07, 6.45) is 10.8. The number of aryl methyl sites for hydroxylation is 1. The summed E-state index contributed by atoms with van der Waals surface area (Å²) in [7, 11) is 1.60. The smallest absolute Gasteiger partial charge is 0.455 e. The number of alkyl halides is 1. The van der Waals surface area contributed by atoms with E-state index in [1.807, 2.05) is 145 Å². The number of halogens is 1. The fourth-order valence-electron chi connectivity index (χ4n) is 18.6. The number of fused-ring (bicyclic) bond motifs is 2. The van der Waals surface area contributed by atoms with Gasteiger partial charge in [0.15, 0.2) is 63.6 Å². The number of carbonyl (C=O) groups is 10. The normalized spacial score (nSPS) is 20.1. The number of benzene rings is 6. The van der Waals surface area contributed by atoms with Crippen molar-refractivity contribution < 1.29 is 128 Å². The van der Waals surface area contributed by atoms with Crippen LogP contribution in [0.5, 0.6) is 51.7 Å². The molecule has 4 amide bonds. The number of ether oxygens (including phenoxy) is 5. The predicted molar refractivity (Wildman–Crippen MR) is 579 cm³/mol. The summed E-state index contributed by atoms with van der Waals surface area (Å²) in [4.78, 5) is 146. The quantitative estimate of drug-likeness (QED) is 0.00247. The number of allylic oxidation sites excluding steroid dienone is 1. The minimum absolute atomic E-state index is 0.0163. The van der Waals surface area contributed by atoms with E-state index in [2.05, 4.69) is 73.6 Å². The molecular weight excluding hydrogens is 2030 g/mol. The Morgan fingerprint density at radius 2 is 1.19 bits per heavy atom. The van der Waals surface area contributed by atoms with Gasteiger partial charge in [-0.05, 0) is 192 Å². The lowest BCUT2D eigenvalue weighted by Crippen LogP contribution is -2.80. The molecule has 14 atom stereocenters. The van der Waals surface area contributed by atoms with Gasteiger partial charge < -0.3 is 111 Å². The molecule has 13 rings (SSSR count). The van der Waals surface area contributed by atoms with Crippen LogP contribution in [-0.4, -0.2) is 274 Å². The number of Topliss-reactive ketones (excluding diaryl/α,β-unsaturated/α-hetero) is 4. The number of morpholine rings is 1. The van der Waals surface area contributed by atoms with Gasteiger partial charge in [-0.25, -0.2) is 14.6 Å². The zero-order valence-electron chi connectivity index (χ0n) is 86.8. The number of carbonyl (C=O) groups excluding carboxylic acids is 10. The van der Waals surface area contributed by atoms with Crippen LogP contribution in [0.2, 0.25) is 5.82 Å². The number of epoxide rings is 1. The number of hydrogen-bond donors (Lipinski definition) is 15. The predicted octanol–water partition coefficient (Wildman–Crippen LogP) is 13.4. The molecule has 1 aliphatic carbocycles. The first-order chi connectivity index (χ1) is 71.3. The molecule has 0 spiro atoms. The second kappa shape index (κ2) is 58.3. The third-order valence-electron chi connectivity index (χ3n) is 27.0. The van der Waals surface area contributed by atoms with E-state index < -0.39 is 136 Å². The maximum atomic E-state index is 14.2. The largest absolute Gasteiger partial charge is 0.508 e. The number of aromatic nitrogens is 2. The summed E-state index contributed by atoms with van der Waals surface area (Å²) in [5.74, 6) is -10.6. The molecule has 15 N–H and O–H groups in total. The van der Waals surface area contributed by atoms with Crippen LogP contribution in [0.25, 0.3) is 0 Å². The van der Waals surface area contributed by atoms with Crippen LogP contribution in [0.15, 0.2) is 158 Å². The third kappa shape index (κ3) is 34.5. The topological polar surface area (TPSA) is 526 Å². The van der Waals surface area contributed by atoms with Crippen LogP contribution in [0, 0.1) is 41.4 Å². The molecule has 6 heterocycles. The molecule has 4 saturated heterocycles. The van der Waals surface area contributed by atoms with Gasteiger partial charge in [0.25, 0.3) is 5.91 Å². The molecule has 0 unspecified atom stereocenters. The van der Waals surface area contributed by atoms with Gasteiger partial charge in [-0.1, -0.05) is 169 Å². The van der Waals surface area contributed by atoms with Gasteiger partial charge in [0.1, 0.15) is 49.1 Å². The highest BCUT2D eigenvalue weighted by atomic mass is 35.5. The molecule has 0 saturated carbocycles. The fourth-order valence-corrected chi connectivity index (χ4v) is 21.9. The number of phenolic OH excluding ortho intramolecular Hbond substituents is 8. The number of aliphatic hydroxyl groups excluding tert-OH is 1. The zero-order valence-corrected chi connectivity index (χ0v) is 90.9. The van der Waals surface area contributed by atoms with Crippen LogP contribution in [0.3, 0.4) is 0 Å². The van der Waals surface area contributed by atoms with Crippen molar-refractivity contribution in [1.29, 1.82) is 0 Å². The van der Waals surface area contributed by atoms with Crippen LogP contribution < -0.4 is 26.0 Å². The molecule has 6 aromatic carbocycles. The lowest BCUT2D eigenvalue weighted by atomic mass is 9.64. The van der Waals surface area contributed by atoms with Gasteiger partial charge in [0.05, 0.1) is 68.3 Å². The van der Waals surface area contributed by atoms with Crippen molar-refractivity contribution in [2.75, 3.05) is 71.5 Å². The van der Waals surface area contributed by atoms with E-state index in [-0.39, 0.29) is 136 Å². The molecule has 814 valence electrons. The van der Waals surface area contributed by atoms with Crippen LogP contribution in [0.4, 0.5) is 0 Å². The molecule has 150 heavy (non-hydrogen) atoms. The van der Waals surface area contributed by atoms with Gasteiger partial charge in [-0.15, -0.1) is 11.6 Å². The minimum atomic E-state index is -1.58. The highest BCUT2D eigenvalue weighted by Gasteiger charge is 2.79. The number of aliphatic hydroxyl groups is 1. The number of ketones is 4. The molecule has 0 bridgehead atoms. The first kappa shape index (κ1) is 122. The van der Waals surface area contributed by atoms with Crippen LogP contribution in [-0.2, 0) is 83.0 Å². The standard InChI is InChI=1S/C42H59N3O7.C22H18O11.C20H26BN3O4.C15H20ClNO4.C10H20N2S4/c1-29(2)22-36(43-40(49)33(17-16-31-12-8-6-9-13-31)25-35(46)27-45-18-20-51-21-19-45)38(47)26-34(24-32-14-10-7-11-15-32)41(50)44-37(23-30(3)4)39(48)42(5)28-52-42;23-10-5-12(24)11-7-18(33-22(31)9-3-15(27)20(30)16(28)4-9)21(32-17(11)6-10)8-1-13(25)19(29)14(26)2-8;1-14(2)10-16(21(27)28)12-19(25)17(11-15-6-4-3-5-7-15)24-20(26)18-13-22-8-9-23-18;1-14-10(7-8-16)12(19)17-15(14,13(20)21-14)11(18)9-5-3-2-4-6-9;1-5-11(6-2)9(13)15-16-10(14)12(7-3)8-4/h6-15,29-30,33-34,36-37H,16-28H2,1-5H3,(H,43,49)(H,44,50);1-6,18,21,23-30H,7H2;3-9,13-14,16-17,27-28H,10-12H2,1-2H3,(H,24,26);3,5,9-11,18H,2,4,6-8H2,1H3,(H,17,19);5-8H2,1-4H3/t33-,34-,36+,37+,42-;18-,21-;16-,17+;9-,10+,11+,14+,15+;/m1111./s1. The molecule has 5 aliphatic heterocycles. The van der Waals surface area contributed by atoms with Crippen molar-refractivity contribution in [2.45, 2.75) is 238 Å². The number of nitrogens with one attached hydrogen (secondary N) is 4. The van der Waals surface area contributed by atoms with Crippen molar-refractivity contribution in [3.8, 4) is 51.7 Å². The Kier molecular flexibility index (Phi) is 47.4. The summed E-state index contributed by atoms with van der Waals surface area (Å²) in [5, 5.41) is 120. The molecule has 35 nitrogen and oxygen atoms in total. The fraction of sp³-hybridized carbons (Fsp3) is 0.505. The first-order valence-corrected chi connectivity index (χ1v) is 54.3. The third-order valence-corrected chi connectivity index (χ3v) is 31.0. The second-order valence-corrected chi connectivity index (χ2v) is 43.5. The number of rotatable bonds is 43. The lowest BCUT2D eigenvalue weighted by molar-refractivity contribution is -0.238. The maximum absolute atomic E-state index is 14.2. The van der Waals surface area contributed by atoms with E-state index >= 15 is 0 Å². The Balaban J connectivity index is 0.000000221. The van der Waals surface area contributed by atoms with Crippen molar-refractivity contribution in [1.82, 2.24) is 45.9 Å². The maximum Gasteiger partial charge on any atom is 0.455 e. The summed E-state index contributed by atoms with van der Waals surface area (Å²) in [6.45, 7) is 30.7. The first-order valence-electron chi connectivity index (χ1n) is 50.8. The van der Waals surface area contributed by atoms with E-state index in [1.54, 1.807) is 35.4 Å². The van der Waals surface area contributed by atoms with Gasteiger partial charge in [-0.2, -0.15) is 0 Å². The minimum Gasteiger partial charge on any atom is -0.508 e. The van der Waals surface area contributed by atoms with Crippen molar-refractivity contribution in [3.63, 3.8) is 0 Å². The van der Waals surface area contributed by atoms with Crippen LogP contribution >= 0.6 is 57.6 Å². The molecular formula is C109H143BClN9O26S4. The second-order valence-electron chi connectivity index (χ2n) is 39.7. The number of amides is 4. The SMILES string of the molecule is CC(C)C[C@H](CC(=O)[C@H](Cc1ccccc1)NC(=O)c1cnccn1)B(O)O.CC(C)C[C@H](NC(=O)[C@H](CCc1ccccc1)CC(=O)CN1CCOCC1)C(=O)C[C@@H](Cc1ccccc1)C(=O)N[C@@H](CC(C)C)C(=O)[C@@]1(C)CO1.CCN(CC)C(=S)SSC(=S)N(CC)CC.C[C@@]12OC(=O)[C@]1([C@@H](O)[C@@H]1C=CCCC1)NC(=O)[C@@H]2CCCl.O=C(O[C@@H]1Cc2c(O)cc(O)cc2O[C@@H]1c1cc(O)c(O)c(O)c1)c1cc(O)c(O)c(O)c1. The number of hydrogen-bond acceptors (Lipinski definition) is 33. The Labute approximate surface area is 900 Å². The molecule has 6 aliphatic rings. The Morgan fingerprint density at radius 1 is 0.653 bits per heavy atom. The number of aromatic hydroxyl groups is 8. The van der Waals surface area contributed by atoms with E-state index in [9.17, 15) is 104 Å². The van der Waals surface area contributed by atoms with E-state index in [4.69, 9.17) is 59.7 Å². The number of thiocarbonyl (C=S) groups is 2. The lowest BCUT2D eigenvalue weighted by Gasteiger charge is -2.54. The van der Waals surface area contributed by atoms with Gasteiger partial charge >= 0.3 is 19.1 Å². The number of nitrogens with zero attached hydrogens (tertiary/aromatic N) is 5. The highest BCUT2D eigenvalue weighted by molar-refractivity contribution is 8.89.